The third kappa shape index (κ3) is 2.70. The number of hydrogen-bond acceptors (Lipinski definition) is 5. The van der Waals surface area contributed by atoms with Crippen LogP contribution in [-0.4, -0.2) is 15.9 Å². The van der Waals surface area contributed by atoms with E-state index in [2.05, 4.69) is 25.9 Å². The van der Waals surface area contributed by atoms with Crippen LogP contribution in [0.25, 0.3) is 11.1 Å². The van der Waals surface area contributed by atoms with Crippen LogP contribution in [0.2, 0.25) is 0 Å². The Labute approximate surface area is 122 Å². The minimum Gasteiger partial charge on any atom is -0.452 e. The van der Waals surface area contributed by atoms with E-state index in [1.807, 2.05) is 24.3 Å². The van der Waals surface area contributed by atoms with Crippen LogP contribution in [-0.2, 0) is 11.3 Å². The Hall–Kier alpha value is -2.21. The number of hydrogen-bond donors (Lipinski definition) is 0. The second-order valence-electron chi connectivity index (χ2n) is 4.04. The second kappa shape index (κ2) is 5.42. The van der Waals surface area contributed by atoms with E-state index in [0.29, 0.717) is 21.5 Å². The Kier molecular flexibility index (Phi) is 3.47. The summed E-state index contributed by atoms with van der Waals surface area (Å²) in [6.07, 6.45) is 3.04. The molecule has 2 heterocycles. The van der Waals surface area contributed by atoms with Crippen LogP contribution in [0.3, 0.4) is 0 Å². The summed E-state index contributed by atoms with van der Waals surface area (Å²) in [6.45, 7) is -0.0139. The van der Waals surface area contributed by atoms with Crippen molar-refractivity contribution in [1.82, 2.24) is 9.97 Å². The summed E-state index contributed by atoms with van der Waals surface area (Å²) in [6, 6.07) is 9.01. The summed E-state index contributed by atoms with van der Waals surface area (Å²) in [5.41, 5.74) is 1.78. The van der Waals surface area contributed by atoms with Crippen LogP contribution in [0.1, 0.15) is 16.2 Å². The molecule has 0 radical (unpaired) electrons. The molecule has 1 aromatic carbocycles. The van der Waals surface area contributed by atoms with Gasteiger partial charge in [0.15, 0.2) is 12.2 Å². The SMILES string of the molecule is O=C(OCc1nc2ccccc2o1)c1cncc(Br)c1. The number of fused-ring (bicyclic) bond motifs is 1. The molecule has 6 heteroatoms. The largest absolute Gasteiger partial charge is 0.452 e. The van der Waals surface area contributed by atoms with Gasteiger partial charge in [0.05, 0.1) is 5.56 Å². The van der Waals surface area contributed by atoms with Gasteiger partial charge in [0.1, 0.15) is 5.52 Å². The van der Waals surface area contributed by atoms with Crippen molar-refractivity contribution in [2.24, 2.45) is 0 Å². The van der Waals surface area contributed by atoms with Gasteiger partial charge in [-0.3, -0.25) is 4.98 Å². The first-order chi connectivity index (χ1) is 9.72. The highest BCUT2D eigenvalue weighted by Crippen LogP contribution is 2.16. The van der Waals surface area contributed by atoms with Gasteiger partial charge in [-0.05, 0) is 34.1 Å². The lowest BCUT2D eigenvalue weighted by atomic mass is 10.3. The maximum atomic E-state index is 11.8. The zero-order valence-electron chi connectivity index (χ0n) is 10.2. The van der Waals surface area contributed by atoms with Crippen molar-refractivity contribution < 1.29 is 13.9 Å². The first kappa shape index (κ1) is 12.8. The van der Waals surface area contributed by atoms with E-state index >= 15 is 0 Å². The van der Waals surface area contributed by atoms with E-state index < -0.39 is 5.97 Å². The van der Waals surface area contributed by atoms with E-state index in [1.165, 1.54) is 6.20 Å². The predicted octanol–water partition coefficient (Wildman–Crippen LogP) is 3.34. The van der Waals surface area contributed by atoms with Gasteiger partial charge in [0.2, 0.25) is 5.89 Å². The molecule has 2 aromatic heterocycles. The number of para-hydroxylation sites is 2. The van der Waals surface area contributed by atoms with Gasteiger partial charge in [-0.2, -0.15) is 0 Å². The molecule has 0 atom stereocenters. The van der Waals surface area contributed by atoms with Gasteiger partial charge in [0.25, 0.3) is 0 Å². The molecular weight excluding hydrogens is 324 g/mol. The van der Waals surface area contributed by atoms with Crippen LogP contribution < -0.4 is 0 Å². The lowest BCUT2D eigenvalue weighted by Gasteiger charge is -2.01. The molecule has 0 N–H and O–H groups in total. The van der Waals surface area contributed by atoms with Gasteiger partial charge >= 0.3 is 5.97 Å². The zero-order chi connectivity index (χ0) is 13.9. The average molecular weight is 333 g/mol. The predicted molar refractivity (Wildman–Crippen MR) is 75.1 cm³/mol. The number of oxazole rings is 1. The molecule has 0 saturated carbocycles. The molecule has 0 aliphatic rings. The van der Waals surface area contributed by atoms with Crippen molar-refractivity contribution >= 4 is 33.0 Å². The van der Waals surface area contributed by atoms with Gasteiger partial charge in [-0.15, -0.1) is 0 Å². The minimum absolute atomic E-state index is 0.0139. The van der Waals surface area contributed by atoms with E-state index in [-0.39, 0.29) is 6.61 Å². The molecular formula is C14H9BrN2O3. The zero-order valence-corrected chi connectivity index (χ0v) is 11.8. The van der Waals surface area contributed by atoms with Crippen LogP contribution in [0.15, 0.2) is 51.6 Å². The third-order valence-electron chi connectivity index (χ3n) is 2.61. The number of carbonyl (C=O) groups excluding carboxylic acids is 1. The van der Waals surface area contributed by atoms with E-state index in [9.17, 15) is 4.79 Å². The highest BCUT2D eigenvalue weighted by molar-refractivity contribution is 9.10. The molecule has 3 aromatic rings. The number of aromatic nitrogens is 2. The van der Waals surface area contributed by atoms with Gasteiger partial charge < -0.3 is 9.15 Å². The first-order valence-electron chi connectivity index (χ1n) is 5.84. The summed E-state index contributed by atoms with van der Waals surface area (Å²) in [4.78, 5) is 20.0. The Morgan fingerprint density at radius 3 is 2.95 bits per heavy atom. The fourth-order valence-electron chi connectivity index (χ4n) is 1.72. The summed E-state index contributed by atoms with van der Waals surface area (Å²) in [5.74, 6) is -0.108. The molecule has 0 unspecified atom stereocenters. The fraction of sp³-hybridized carbons (Fsp3) is 0.0714. The monoisotopic (exact) mass is 332 g/mol. The molecule has 0 amide bonds. The molecule has 0 bridgehead atoms. The Morgan fingerprint density at radius 2 is 2.15 bits per heavy atom. The van der Waals surface area contributed by atoms with Gasteiger partial charge in [-0.1, -0.05) is 12.1 Å². The first-order valence-corrected chi connectivity index (χ1v) is 6.64. The maximum absolute atomic E-state index is 11.8. The van der Waals surface area contributed by atoms with Gasteiger partial charge in [-0.25, -0.2) is 9.78 Å². The molecule has 0 aliphatic heterocycles. The number of benzene rings is 1. The van der Waals surface area contributed by atoms with Crippen LogP contribution in [0.4, 0.5) is 0 Å². The molecule has 3 rings (SSSR count). The van der Waals surface area contributed by atoms with E-state index in [0.717, 1.165) is 5.52 Å². The Morgan fingerprint density at radius 1 is 1.30 bits per heavy atom. The van der Waals surface area contributed by atoms with E-state index in [1.54, 1.807) is 12.3 Å². The summed E-state index contributed by atoms with van der Waals surface area (Å²) < 4.78 is 11.3. The van der Waals surface area contributed by atoms with Gasteiger partial charge in [0, 0.05) is 16.9 Å². The van der Waals surface area contributed by atoms with Crippen molar-refractivity contribution in [3.05, 3.63) is 58.7 Å². The number of halogens is 1. The number of ether oxygens (including phenoxy) is 1. The third-order valence-corrected chi connectivity index (χ3v) is 3.04. The second-order valence-corrected chi connectivity index (χ2v) is 4.96. The lowest BCUT2D eigenvalue weighted by molar-refractivity contribution is 0.0439. The number of rotatable bonds is 3. The quantitative estimate of drug-likeness (QED) is 0.688. The molecule has 5 nitrogen and oxygen atoms in total. The molecule has 20 heavy (non-hydrogen) atoms. The van der Waals surface area contributed by atoms with E-state index in [4.69, 9.17) is 9.15 Å². The number of nitrogens with zero attached hydrogens (tertiary/aromatic N) is 2. The van der Waals surface area contributed by atoms with Crippen LogP contribution in [0.5, 0.6) is 0 Å². The highest BCUT2D eigenvalue weighted by atomic mass is 79.9. The van der Waals surface area contributed by atoms with Crippen molar-refractivity contribution in [2.75, 3.05) is 0 Å². The standard InChI is InChI=1S/C14H9BrN2O3/c15-10-5-9(6-16-7-10)14(18)19-8-13-17-11-3-1-2-4-12(11)20-13/h1-7H,8H2. The topological polar surface area (TPSA) is 65.2 Å². The Balaban J connectivity index is 1.71. The summed E-state index contributed by atoms with van der Waals surface area (Å²) in [7, 11) is 0. The highest BCUT2D eigenvalue weighted by Gasteiger charge is 2.11. The average Bonchev–Trinajstić information content (AvgIpc) is 2.87. The van der Waals surface area contributed by atoms with Crippen LogP contribution >= 0.6 is 15.9 Å². The summed E-state index contributed by atoms with van der Waals surface area (Å²) in [5, 5.41) is 0. The number of pyridine rings is 1. The smallest absolute Gasteiger partial charge is 0.340 e. The maximum Gasteiger partial charge on any atom is 0.340 e. The molecule has 100 valence electrons. The molecule has 0 saturated heterocycles. The lowest BCUT2D eigenvalue weighted by Crippen LogP contribution is -2.05. The minimum atomic E-state index is -0.471. The molecule has 0 aliphatic carbocycles. The summed E-state index contributed by atoms with van der Waals surface area (Å²) >= 11 is 3.25. The van der Waals surface area contributed by atoms with Crippen molar-refractivity contribution in [1.29, 1.82) is 0 Å². The normalized spacial score (nSPS) is 10.7. The van der Waals surface area contributed by atoms with Crippen LogP contribution in [0, 0.1) is 0 Å². The van der Waals surface area contributed by atoms with Crippen molar-refractivity contribution in [3.63, 3.8) is 0 Å². The number of esters is 1. The van der Waals surface area contributed by atoms with Crippen molar-refractivity contribution in [2.45, 2.75) is 6.61 Å². The molecule has 0 fully saturated rings. The molecule has 0 spiro atoms. The number of carbonyl (C=O) groups is 1. The Bertz CT molecular complexity index is 737. The van der Waals surface area contributed by atoms with Crippen molar-refractivity contribution in [3.8, 4) is 0 Å². The fourth-order valence-corrected chi connectivity index (χ4v) is 2.08.